The molecule has 7 nitrogen and oxygen atoms in total. The molecule has 3 unspecified atom stereocenters. The molecule has 0 aliphatic heterocycles. The number of ether oxygens (including phenoxy) is 1. The van der Waals surface area contributed by atoms with E-state index in [4.69, 9.17) is 4.74 Å². The molecule has 0 bridgehead atoms. The van der Waals surface area contributed by atoms with Gasteiger partial charge in [-0.25, -0.2) is 4.79 Å². The highest BCUT2D eigenvalue weighted by atomic mass is 16.6. The average Bonchev–Trinajstić information content (AvgIpc) is 2.67. The van der Waals surface area contributed by atoms with Gasteiger partial charge in [0.05, 0.1) is 0 Å². The third kappa shape index (κ3) is 10.2. The van der Waals surface area contributed by atoms with Crippen molar-refractivity contribution in [3.63, 3.8) is 0 Å². The summed E-state index contributed by atoms with van der Waals surface area (Å²) in [5.74, 6) is -0.125. The Kier molecular flexibility index (Phi) is 11.0. The van der Waals surface area contributed by atoms with Crippen LogP contribution in [0.4, 0.5) is 4.79 Å². The molecular formula is C29H49N3O4. The van der Waals surface area contributed by atoms with Crippen LogP contribution in [0.25, 0.3) is 0 Å². The fourth-order valence-corrected chi connectivity index (χ4v) is 4.07. The van der Waals surface area contributed by atoms with Crippen LogP contribution in [0, 0.1) is 19.8 Å². The van der Waals surface area contributed by atoms with E-state index in [0.717, 1.165) is 29.5 Å². The van der Waals surface area contributed by atoms with E-state index in [9.17, 15) is 14.4 Å². The number of nitrogens with one attached hydrogen (secondary N) is 2. The molecule has 0 saturated heterocycles. The standard InChI is InChI=1S/C29H49N3O4/c1-18(2)13-15-21(5)32(26(34)22(6)30-27(35)36-29(10,11)12)24(25(33)31-28(7,8)9)23-16-14-19(3)17-20(23)4/h14,16-18,21-22,24H,13,15H2,1-12H3,(H,30,35)(H,31,33). The van der Waals surface area contributed by atoms with Crippen molar-refractivity contribution >= 4 is 17.9 Å². The zero-order valence-electron chi connectivity index (χ0n) is 24.5. The first-order chi connectivity index (χ1) is 16.3. The molecule has 1 aromatic rings. The molecule has 1 rings (SSSR count). The van der Waals surface area contributed by atoms with Crippen molar-refractivity contribution in [2.75, 3.05) is 0 Å². The molecule has 7 heteroatoms. The van der Waals surface area contributed by atoms with Gasteiger partial charge >= 0.3 is 6.09 Å². The van der Waals surface area contributed by atoms with Crippen LogP contribution >= 0.6 is 0 Å². The van der Waals surface area contributed by atoms with E-state index in [0.29, 0.717) is 5.92 Å². The molecule has 0 fully saturated rings. The summed E-state index contributed by atoms with van der Waals surface area (Å²) in [6, 6.07) is 3.96. The lowest BCUT2D eigenvalue weighted by atomic mass is 9.93. The van der Waals surface area contributed by atoms with E-state index >= 15 is 0 Å². The second kappa shape index (κ2) is 12.6. The van der Waals surface area contributed by atoms with E-state index in [1.807, 2.05) is 59.7 Å². The first-order valence-electron chi connectivity index (χ1n) is 13.0. The molecule has 0 heterocycles. The fourth-order valence-electron chi connectivity index (χ4n) is 4.07. The maximum Gasteiger partial charge on any atom is 0.408 e. The van der Waals surface area contributed by atoms with E-state index in [1.54, 1.807) is 32.6 Å². The van der Waals surface area contributed by atoms with Crippen LogP contribution < -0.4 is 10.6 Å². The van der Waals surface area contributed by atoms with Gasteiger partial charge in [0.25, 0.3) is 0 Å². The minimum atomic E-state index is -0.878. The second-order valence-corrected chi connectivity index (χ2v) is 12.4. The molecule has 1 aromatic carbocycles. The van der Waals surface area contributed by atoms with Gasteiger partial charge in [-0.05, 0) is 99.1 Å². The van der Waals surface area contributed by atoms with Gasteiger partial charge in [0.1, 0.15) is 17.7 Å². The number of rotatable bonds is 9. The predicted molar refractivity (Wildman–Crippen MR) is 146 cm³/mol. The van der Waals surface area contributed by atoms with Crippen LogP contribution in [-0.2, 0) is 14.3 Å². The molecule has 0 aliphatic rings. The summed E-state index contributed by atoms with van der Waals surface area (Å²) in [5, 5.41) is 5.75. The Morgan fingerprint density at radius 3 is 2.00 bits per heavy atom. The first kappa shape index (κ1) is 31.5. The predicted octanol–water partition coefficient (Wildman–Crippen LogP) is 5.83. The molecule has 0 aromatic heterocycles. The third-order valence-corrected chi connectivity index (χ3v) is 5.74. The maximum absolute atomic E-state index is 14.0. The van der Waals surface area contributed by atoms with Crippen molar-refractivity contribution in [2.45, 2.75) is 125 Å². The Labute approximate surface area is 218 Å². The van der Waals surface area contributed by atoms with Crippen LogP contribution in [-0.4, -0.2) is 46.0 Å². The summed E-state index contributed by atoms with van der Waals surface area (Å²) in [5.41, 5.74) is 1.62. The molecule has 204 valence electrons. The zero-order chi connectivity index (χ0) is 28.0. The van der Waals surface area contributed by atoms with Crippen LogP contribution in [0.15, 0.2) is 18.2 Å². The monoisotopic (exact) mass is 503 g/mol. The number of aryl methyl sites for hydroxylation is 2. The number of hydrogen-bond acceptors (Lipinski definition) is 4. The second-order valence-electron chi connectivity index (χ2n) is 12.4. The number of hydrogen-bond donors (Lipinski definition) is 2. The van der Waals surface area contributed by atoms with Gasteiger partial charge in [-0.3, -0.25) is 9.59 Å². The number of carbonyl (C=O) groups is 3. The lowest BCUT2D eigenvalue weighted by Crippen LogP contribution is -2.56. The van der Waals surface area contributed by atoms with Crippen molar-refractivity contribution in [2.24, 2.45) is 5.92 Å². The number of alkyl carbamates (subject to hydrolysis) is 1. The molecule has 0 aliphatic carbocycles. The largest absolute Gasteiger partial charge is 0.444 e. The summed E-state index contributed by atoms with van der Waals surface area (Å²) in [7, 11) is 0. The minimum Gasteiger partial charge on any atom is -0.444 e. The fraction of sp³-hybridized carbons (Fsp3) is 0.690. The van der Waals surface area contributed by atoms with E-state index in [2.05, 4.69) is 24.5 Å². The van der Waals surface area contributed by atoms with Gasteiger partial charge < -0.3 is 20.3 Å². The highest BCUT2D eigenvalue weighted by Crippen LogP contribution is 2.30. The SMILES string of the molecule is Cc1ccc(C(C(=O)NC(C)(C)C)N(C(=O)C(C)NC(=O)OC(C)(C)C)C(C)CCC(C)C)c(C)c1. The molecule has 0 saturated carbocycles. The lowest BCUT2D eigenvalue weighted by Gasteiger charge is -2.39. The summed E-state index contributed by atoms with van der Waals surface area (Å²) < 4.78 is 5.37. The van der Waals surface area contributed by atoms with Crippen LogP contribution in [0.2, 0.25) is 0 Å². The van der Waals surface area contributed by atoms with Crippen molar-refractivity contribution in [3.05, 3.63) is 34.9 Å². The van der Waals surface area contributed by atoms with Crippen molar-refractivity contribution in [1.82, 2.24) is 15.5 Å². The molecule has 0 radical (unpaired) electrons. The van der Waals surface area contributed by atoms with Crippen LogP contribution in [0.1, 0.15) is 105 Å². The summed E-state index contributed by atoms with van der Waals surface area (Å²) in [6.45, 7) is 22.9. The maximum atomic E-state index is 14.0. The Morgan fingerprint density at radius 1 is 0.944 bits per heavy atom. The smallest absolute Gasteiger partial charge is 0.408 e. The van der Waals surface area contributed by atoms with Crippen molar-refractivity contribution in [3.8, 4) is 0 Å². The molecule has 3 amide bonds. The lowest BCUT2D eigenvalue weighted by molar-refractivity contribution is -0.145. The first-order valence-corrected chi connectivity index (χ1v) is 13.0. The molecule has 0 spiro atoms. The quantitative estimate of drug-likeness (QED) is 0.444. The molecule has 2 N–H and O–H groups in total. The summed E-state index contributed by atoms with van der Waals surface area (Å²) >= 11 is 0. The highest BCUT2D eigenvalue weighted by molar-refractivity contribution is 5.92. The normalized spacial score (nSPS) is 14.6. The summed E-state index contributed by atoms with van der Waals surface area (Å²) in [6.07, 6.45) is 0.965. The number of benzene rings is 1. The Morgan fingerprint density at radius 2 is 1.53 bits per heavy atom. The number of amides is 3. The number of carbonyl (C=O) groups excluding carboxylic acids is 3. The van der Waals surface area contributed by atoms with Crippen molar-refractivity contribution in [1.29, 1.82) is 0 Å². The van der Waals surface area contributed by atoms with Crippen LogP contribution in [0.5, 0.6) is 0 Å². The van der Waals surface area contributed by atoms with Gasteiger partial charge in [-0.1, -0.05) is 37.6 Å². The Balaban J connectivity index is 3.55. The molecule has 36 heavy (non-hydrogen) atoms. The average molecular weight is 504 g/mol. The Bertz CT molecular complexity index is 912. The van der Waals surface area contributed by atoms with Gasteiger partial charge in [0.2, 0.25) is 11.8 Å². The van der Waals surface area contributed by atoms with Gasteiger partial charge in [0, 0.05) is 11.6 Å². The van der Waals surface area contributed by atoms with Gasteiger partial charge in [-0.15, -0.1) is 0 Å². The minimum absolute atomic E-state index is 0.237. The topological polar surface area (TPSA) is 87.7 Å². The van der Waals surface area contributed by atoms with E-state index in [1.165, 1.54) is 0 Å². The third-order valence-electron chi connectivity index (χ3n) is 5.74. The van der Waals surface area contributed by atoms with Crippen LogP contribution in [0.3, 0.4) is 0 Å². The number of nitrogens with zero attached hydrogens (tertiary/aromatic N) is 1. The highest BCUT2D eigenvalue weighted by Gasteiger charge is 2.39. The van der Waals surface area contributed by atoms with E-state index in [-0.39, 0.29) is 17.9 Å². The van der Waals surface area contributed by atoms with E-state index < -0.39 is 29.3 Å². The molecule has 3 atom stereocenters. The van der Waals surface area contributed by atoms with Gasteiger partial charge in [0.15, 0.2) is 0 Å². The zero-order valence-corrected chi connectivity index (χ0v) is 24.5. The van der Waals surface area contributed by atoms with Gasteiger partial charge in [-0.2, -0.15) is 0 Å². The summed E-state index contributed by atoms with van der Waals surface area (Å²) in [4.78, 5) is 41.9. The Hall–Kier alpha value is -2.57. The van der Waals surface area contributed by atoms with Crippen molar-refractivity contribution < 1.29 is 19.1 Å². The molecular weight excluding hydrogens is 454 g/mol.